The lowest BCUT2D eigenvalue weighted by atomic mass is 9.77. The molecule has 0 heterocycles. The zero-order chi connectivity index (χ0) is 13.9. The van der Waals surface area contributed by atoms with Crippen molar-refractivity contribution in [3.63, 3.8) is 0 Å². The van der Waals surface area contributed by atoms with Crippen molar-refractivity contribution in [2.24, 2.45) is 5.92 Å². The molecule has 2 aromatic rings. The molecule has 1 atom stereocenters. The summed E-state index contributed by atoms with van der Waals surface area (Å²) in [7, 11) is 0. The zero-order valence-corrected chi connectivity index (χ0v) is 11.2. The number of halogens is 2. The van der Waals surface area contributed by atoms with Gasteiger partial charge in [-0.05, 0) is 41.9 Å². The summed E-state index contributed by atoms with van der Waals surface area (Å²) < 4.78 is 26.5. The van der Waals surface area contributed by atoms with Gasteiger partial charge < -0.3 is 0 Å². The molecule has 0 N–H and O–H groups in total. The maximum absolute atomic E-state index is 13.2. The predicted octanol–water partition coefficient (Wildman–Crippen LogP) is 4.79. The van der Waals surface area contributed by atoms with Crippen molar-refractivity contribution in [3.8, 4) is 0 Å². The summed E-state index contributed by atoms with van der Waals surface area (Å²) in [6.07, 6.45) is 0.274. The quantitative estimate of drug-likeness (QED) is 0.735. The van der Waals surface area contributed by atoms with Crippen LogP contribution in [0.5, 0.6) is 0 Å². The molecule has 1 aliphatic carbocycles. The summed E-state index contributed by atoms with van der Waals surface area (Å²) in [6, 6.07) is 17.8. The Labute approximate surface area is 117 Å². The predicted molar refractivity (Wildman–Crippen MR) is 76.7 cm³/mol. The van der Waals surface area contributed by atoms with E-state index in [0.29, 0.717) is 24.8 Å². The molecule has 2 aromatic carbocycles. The minimum absolute atomic E-state index is 0.0858. The van der Waals surface area contributed by atoms with Crippen molar-refractivity contribution in [2.45, 2.75) is 19.3 Å². The molecule has 0 aromatic heterocycles. The summed E-state index contributed by atoms with van der Waals surface area (Å²) in [6.45, 7) is 0. The lowest BCUT2D eigenvalue weighted by Crippen LogP contribution is -2.20. The van der Waals surface area contributed by atoms with Crippen LogP contribution < -0.4 is 0 Å². The third-order valence-electron chi connectivity index (χ3n) is 4.03. The molecular formula is C18H16F2. The number of fused-ring (bicyclic) bond motifs is 1. The third kappa shape index (κ3) is 2.64. The number of rotatable bonds is 2. The second-order valence-electron chi connectivity index (χ2n) is 5.32. The zero-order valence-electron chi connectivity index (χ0n) is 11.2. The Hall–Kier alpha value is -1.96. The Morgan fingerprint density at radius 2 is 1.55 bits per heavy atom. The van der Waals surface area contributed by atoms with Crippen molar-refractivity contribution in [2.75, 3.05) is 0 Å². The van der Waals surface area contributed by atoms with Gasteiger partial charge >= 0.3 is 0 Å². The summed E-state index contributed by atoms with van der Waals surface area (Å²) >= 11 is 0. The van der Waals surface area contributed by atoms with Gasteiger partial charge in [0.15, 0.2) is 0 Å². The molecule has 0 nitrogen and oxygen atoms in total. The lowest BCUT2D eigenvalue weighted by Gasteiger charge is -2.27. The summed E-state index contributed by atoms with van der Waals surface area (Å²) in [4.78, 5) is 0. The maximum Gasteiger partial charge on any atom is 0.270 e. The molecular weight excluding hydrogens is 254 g/mol. The van der Waals surface area contributed by atoms with E-state index in [0.717, 1.165) is 11.1 Å². The van der Waals surface area contributed by atoms with Crippen molar-refractivity contribution in [1.29, 1.82) is 0 Å². The van der Waals surface area contributed by atoms with Crippen LogP contribution in [0, 0.1) is 5.92 Å². The van der Waals surface area contributed by atoms with Crippen LogP contribution in [0.1, 0.15) is 16.7 Å². The molecule has 1 aliphatic rings. The highest BCUT2D eigenvalue weighted by Gasteiger charge is 2.26. The largest absolute Gasteiger partial charge is 0.270 e. The maximum atomic E-state index is 13.2. The van der Waals surface area contributed by atoms with Crippen LogP contribution in [0.25, 0.3) is 0 Å². The second-order valence-corrected chi connectivity index (χ2v) is 5.32. The van der Waals surface area contributed by atoms with Crippen molar-refractivity contribution in [3.05, 3.63) is 82.9 Å². The molecule has 20 heavy (non-hydrogen) atoms. The molecule has 102 valence electrons. The fourth-order valence-electron chi connectivity index (χ4n) is 2.98. The lowest BCUT2D eigenvalue weighted by molar-refractivity contribution is 0.384. The van der Waals surface area contributed by atoms with Gasteiger partial charge in [0.1, 0.15) is 0 Å². The van der Waals surface area contributed by atoms with E-state index in [2.05, 4.69) is 6.07 Å². The molecule has 0 saturated carbocycles. The van der Waals surface area contributed by atoms with E-state index in [1.807, 2.05) is 48.5 Å². The summed E-state index contributed by atoms with van der Waals surface area (Å²) in [5.41, 5.74) is 3.68. The Balaban J connectivity index is 1.91. The molecule has 0 amide bonds. The van der Waals surface area contributed by atoms with Gasteiger partial charge in [0.2, 0.25) is 0 Å². The first-order chi connectivity index (χ1) is 9.74. The van der Waals surface area contributed by atoms with E-state index in [1.54, 1.807) is 0 Å². The van der Waals surface area contributed by atoms with Crippen molar-refractivity contribution >= 4 is 0 Å². The fraction of sp³-hybridized carbons (Fsp3) is 0.222. The highest BCUT2D eigenvalue weighted by atomic mass is 19.3. The van der Waals surface area contributed by atoms with Crippen LogP contribution in [-0.4, -0.2) is 0 Å². The van der Waals surface area contributed by atoms with Gasteiger partial charge in [-0.1, -0.05) is 54.6 Å². The van der Waals surface area contributed by atoms with E-state index >= 15 is 0 Å². The fourth-order valence-corrected chi connectivity index (χ4v) is 2.98. The molecule has 0 bridgehead atoms. The standard InChI is InChI=1S/C18H16F2/c19-18(20)17-12-15-9-5-4-8-14(15)11-16(17)10-13-6-2-1-3-7-13/h1-9,16H,10-12H2. The first kappa shape index (κ1) is 13.0. The van der Waals surface area contributed by atoms with Gasteiger partial charge in [-0.2, -0.15) is 8.78 Å². The van der Waals surface area contributed by atoms with Crippen molar-refractivity contribution < 1.29 is 8.78 Å². The van der Waals surface area contributed by atoms with Gasteiger partial charge in [-0.15, -0.1) is 0 Å². The van der Waals surface area contributed by atoms with Gasteiger partial charge in [0.05, 0.1) is 0 Å². The molecule has 0 radical (unpaired) electrons. The second kappa shape index (κ2) is 5.58. The average Bonchev–Trinajstić information content (AvgIpc) is 2.47. The van der Waals surface area contributed by atoms with Crippen LogP contribution in [0.2, 0.25) is 0 Å². The molecule has 0 saturated heterocycles. The highest BCUT2D eigenvalue weighted by Crippen LogP contribution is 2.34. The van der Waals surface area contributed by atoms with Crippen LogP contribution in [0.3, 0.4) is 0 Å². The summed E-state index contributed by atoms with van der Waals surface area (Å²) in [5.74, 6) is -0.0858. The molecule has 3 rings (SSSR count). The van der Waals surface area contributed by atoms with Crippen LogP contribution in [0.4, 0.5) is 8.78 Å². The van der Waals surface area contributed by atoms with E-state index in [1.165, 1.54) is 5.56 Å². The van der Waals surface area contributed by atoms with Crippen LogP contribution in [0.15, 0.2) is 66.3 Å². The minimum atomic E-state index is -1.50. The number of allylic oxidation sites excluding steroid dienone is 1. The van der Waals surface area contributed by atoms with E-state index in [9.17, 15) is 8.78 Å². The van der Waals surface area contributed by atoms with Crippen molar-refractivity contribution in [1.82, 2.24) is 0 Å². The SMILES string of the molecule is FC(F)=C1Cc2ccccc2CC1Cc1ccccc1. The first-order valence-electron chi connectivity index (χ1n) is 6.89. The molecule has 0 spiro atoms. The third-order valence-corrected chi connectivity index (χ3v) is 4.03. The summed E-state index contributed by atoms with van der Waals surface area (Å²) in [5, 5.41) is 0. The number of hydrogen-bond donors (Lipinski definition) is 0. The normalized spacial score (nSPS) is 17.7. The number of benzene rings is 2. The highest BCUT2D eigenvalue weighted by molar-refractivity contribution is 5.38. The Bertz CT molecular complexity index is 625. The minimum Gasteiger partial charge on any atom is -0.173 e. The van der Waals surface area contributed by atoms with Crippen LogP contribution in [-0.2, 0) is 19.3 Å². The van der Waals surface area contributed by atoms with Gasteiger partial charge in [-0.3, -0.25) is 0 Å². The molecule has 1 unspecified atom stereocenters. The van der Waals surface area contributed by atoms with Crippen LogP contribution >= 0.6 is 0 Å². The Kier molecular flexibility index (Phi) is 3.64. The smallest absolute Gasteiger partial charge is 0.173 e. The van der Waals surface area contributed by atoms with Gasteiger partial charge in [0.25, 0.3) is 6.08 Å². The number of hydrogen-bond acceptors (Lipinski definition) is 0. The molecule has 0 aliphatic heterocycles. The Morgan fingerprint density at radius 1 is 0.900 bits per heavy atom. The monoisotopic (exact) mass is 270 g/mol. The molecule has 2 heteroatoms. The molecule has 0 fully saturated rings. The van der Waals surface area contributed by atoms with Gasteiger partial charge in [-0.25, -0.2) is 0 Å². The topological polar surface area (TPSA) is 0 Å². The van der Waals surface area contributed by atoms with E-state index in [4.69, 9.17) is 0 Å². The first-order valence-corrected chi connectivity index (χ1v) is 6.89. The van der Waals surface area contributed by atoms with E-state index < -0.39 is 6.08 Å². The van der Waals surface area contributed by atoms with E-state index in [-0.39, 0.29) is 5.92 Å². The Morgan fingerprint density at radius 3 is 2.25 bits per heavy atom. The van der Waals surface area contributed by atoms with Gasteiger partial charge in [0, 0.05) is 5.57 Å². The average molecular weight is 270 g/mol.